The van der Waals surface area contributed by atoms with E-state index in [9.17, 15) is 8.42 Å². The summed E-state index contributed by atoms with van der Waals surface area (Å²) in [5.41, 5.74) is 0. The quantitative estimate of drug-likeness (QED) is 0.821. The molecule has 1 aromatic carbocycles. The molecule has 0 fully saturated rings. The summed E-state index contributed by atoms with van der Waals surface area (Å²) >= 11 is 6.50. The molecule has 20 heavy (non-hydrogen) atoms. The molecule has 0 atom stereocenters. The zero-order valence-electron chi connectivity index (χ0n) is 10.3. The number of anilines is 1. The molecule has 0 aliphatic heterocycles. The number of hydrogen-bond acceptors (Lipinski definition) is 4. The van der Waals surface area contributed by atoms with Gasteiger partial charge in [-0.3, -0.25) is 4.72 Å². The minimum atomic E-state index is -3.78. The highest BCUT2D eigenvalue weighted by molar-refractivity contribution is 9.10. The molecule has 0 spiro atoms. The van der Waals surface area contributed by atoms with Crippen molar-refractivity contribution in [3.63, 3.8) is 0 Å². The highest BCUT2D eigenvalue weighted by Crippen LogP contribution is 2.28. The van der Waals surface area contributed by atoms with Crippen LogP contribution in [0.5, 0.6) is 5.75 Å². The van der Waals surface area contributed by atoms with Crippen molar-refractivity contribution in [2.24, 2.45) is 0 Å². The third-order valence-electron chi connectivity index (χ3n) is 2.38. The number of halogens is 2. The van der Waals surface area contributed by atoms with E-state index in [1.54, 1.807) is 24.3 Å². The van der Waals surface area contributed by atoms with Crippen LogP contribution in [0.1, 0.15) is 0 Å². The van der Waals surface area contributed by atoms with Gasteiger partial charge in [0.25, 0.3) is 10.0 Å². The van der Waals surface area contributed by atoms with Gasteiger partial charge in [-0.2, -0.15) is 0 Å². The number of hydrogen-bond donors (Lipinski definition) is 1. The summed E-state index contributed by atoms with van der Waals surface area (Å²) in [6.07, 6.45) is 1.50. The zero-order valence-corrected chi connectivity index (χ0v) is 14.3. The topological polar surface area (TPSA) is 68.3 Å². The Morgan fingerprint density at radius 1 is 1.15 bits per heavy atom. The minimum absolute atomic E-state index is 0.0381. The summed E-state index contributed by atoms with van der Waals surface area (Å²) in [4.78, 5) is 3.99. The van der Waals surface area contributed by atoms with Crippen molar-refractivity contribution in [3.8, 4) is 5.75 Å². The van der Waals surface area contributed by atoms with Crippen molar-refractivity contribution in [2.75, 3.05) is 11.8 Å². The molecule has 0 amide bonds. The Balaban J connectivity index is 2.43. The average Bonchev–Trinajstić information content (AvgIpc) is 2.38. The Morgan fingerprint density at radius 2 is 1.85 bits per heavy atom. The first kappa shape index (κ1) is 15.3. The van der Waals surface area contributed by atoms with Crippen LogP contribution >= 0.6 is 31.9 Å². The molecule has 1 aromatic heterocycles. The molecule has 0 saturated carbocycles. The van der Waals surface area contributed by atoms with Gasteiger partial charge in [-0.05, 0) is 30.3 Å². The van der Waals surface area contributed by atoms with E-state index in [4.69, 9.17) is 4.74 Å². The number of rotatable bonds is 4. The molecule has 0 radical (unpaired) electrons. The van der Waals surface area contributed by atoms with E-state index in [0.717, 1.165) is 4.47 Å². The van der Waals surface area contributed by atoms with Gasteiger partial charge >= 0.3 is 0 Å². The van der Waals surface area contributed by atoms with Gasteiger partial charge in [-0.1, -0.05) is 31.9 Å². The van der Waals surface area contributed by atoms with Crippen LogP contribution in [-0.4, -0.2) is 20.5 Å². The van der Waals surface area contributed by atoms with E-state index < -0.39 is 10.0 Å². The fourth-order valence-corrected chi connectivity index (χ4v) is 3.56. The molecule has 0 unspecified atom stereocenters. The predicted octanol–water partition coefficient (Wildman–Crippen LogP) is 3.42. The summed E-state index contributed by atoms with van der Waals surface area (Å²) in [7, 11) is -2.37. The Labute approximate surface area is 133 Å². The third kappa shape index (κ3) is 3.50. The first-order chi connectivity index (χ1) is 9.42. The lowest BCUT2D eigenvalue weighted by molar-refractivity contribution is 0.403. The first-order valence-electron chi connectivity index (χ1n) is 5.40. The maximum Gasteiger partial charge on any atom is 0.266 e. The van der Waals surface area contributed by atoms with Gasteiger partial charge in [0.2, 0.25) is 0 Å². The van der Waals surface area contributed by atoms with Crippen molar-refractivity contribution >= 4 is 47.7 Å². The fraction of sp³-hybridized carbons (Fsp3) is 0.0833. The summed E-state index contributed by atoms with van der Waals surface area (Å²) in [6.45, 7) is 0. The average molecular weight is 422 g/mol. The number of ether oxygens (including phenoxy) is 1. The van der Waals surface area contributed by atoms with Crippen LogP contribution in [0.3, 0.4) is 0 Å². The number of nitrogens with one attached hydrogen (secondary N) is 1. The number of nitrogens with zero attached hydrogens (tertiary/aromatic N) is 1. The monoisotopic (exact) mass is 420 g/mol. The maximum atomic E-state index is 12.4. The molecule has 8 heteroatoms. The third-order valence-corrected chi connectivity index (χ3v) is 4.74. The van der Waals surface area contributed by atoms with Gasteiger partial charge < -0.3 is 4.74 Å². The van der Waals surface area contributed by atoms with E-state index in [1.807, 2.05) is 0 Å². The van der Waals surface area contributed by atoms with E-state index >= 15 is 0 Å². The zero-order chi connectivity index (χ0) is 14.8. The number of pyridine rings is 1. The highest BCUT2D eigenvalue weighted by atomic mass is 79.9. The lowest BCUT2D eigenvalue weighted by Gasteiger charge is -2.11. The number of methoxy groups -OCH3 is 1. The smallest absolute Gasteiger partial charge is 0.266 e. The molecule has 5 nitrogen and oxygen atoms in total. The molecule has 1 heterocycles. The Bertz CT molecular complexity index is 735. The van der Waals surface area contributed by atoms with Crippen molar-refractivity contribution in [1.29, 1.82) is 0 Å². The number of benzene rings is 1. The summed E-state index contributed by atoms with van der Waals surface area (Å²) < 4.78 is 33.6. The van der Waals surface area contributed by atoms with E-state index in [0.29, 0.717) is 4.47 Å². The Hall–Kier alpha value is -1.12. The second kappa shape index (κ2) is 6.11. The standard InChI is InChI=1S/C12H10Br2N2O3S/c1-19-10-3-2-8(13)6-11(10)20(17,18)16-12-7-9(14)4-5-15-12/h2-7H,1H3,(H,15,16). The summed E-state index contributed by atoms with van der Waals surface area (Å²) in [5, 5.41) is 0. The molecule has 0 bridgehead atoms. The molecule has 2 aromatic rings. The molecule has 0 saturated heterocycles. The predicted molar refractivity (Wildman–Crippen MR) is 83.4 cm³/mol. The fourth-order valence-electron chi connectivity index (χ4n) is 1.51. The molecule has 0 aliphatic rings. The first-order valence-corrected chi connectivity index (χ1v) is 8.47. The van der Waals surface area contributed by atoms with Gasteiger partial charge in [0.15, 0.2) is 0 Å². The largest absolute Gasteiger partial charge is 0.495 e. The lowest BCUT2D eigenvalue weighted by atomic mass is 10.3. The van der Waals surface area contributed by atoms with Gasteiger partial charge in [-0.15, -0.1) is 0 Å². The SMILES string of the molecule is COc1ccc(Br)cc1S(=O)(=O)Nc1cc(Br)ccn1. The van der Waals surface area contributed by atoms with Gasteiger partial charge in [0.1, 0.15) is 16.5 Å². The molecular weight excluding hydrogens is 412 g/mol. The van der Waals surface area contributed by atoms with Crippen LogP contribution in [0.25, 0.3) is 0 Å². The van der Waals surface area contributed by atoms with Crippen molar-refractivity contribution in [1.82, 2.24) is 4.98 Å². The molecule has 0 aliphatic carbocycles. The highest BCUT2D eigenvalue weighted by Gasteiger charge is 2.20. The normalized spacial score (nSPS) is 11.2. The van der Waals surface area contributed by atoms with E-state index in [-0.39, 0.29) is 16.5 Å². The second-order valence-corrected chi connectivity index (χ2v) is 7.24. The second-order valence-electron chi connectivity index (χ2n) is 3.76. The Kier molecular flexibility index (Phi) is 4.66. The van der Waals surface area contributed by atoms with Gasteiger partial charge in [0.05, 0.1) is 7.11 Å². The van der Waals surface area contributed by atoms with Crippen LogP contribution in [0.15, 0.2) is 50.4 Å². The Morgan fingerprint density at radius 3 is 2.50 bits per heavy atom. The molecular formula is C12H10Br2N2O3S. The van der Waals surface area contributed by atoms with Crippen LogP contribution in [0.2, 0.25) is 0 Å². The number of aromatic nitrogens is 1. The maximum absolute atomic E-state index is 12.4. The van der Waals surface area contributed by atoms with Crippen molar-refractivity contribution < 1.29 is 13.2 Å². The van der Waals surface area contributed by atoms with Crippen molar-refractivity contribution in [2.45, 2.75) is 4.90 Å². The molecule has 1 N–H and O–H groups in total. The van der Waals surface area contributed by atoms with Crippen LogP contribution in [0.4, 0.5) is 5.82 Å². The summed E-state index contributed by atoms with van der Waals surface area (Å²) in [6, 6.07) is 8.03. The minimum Gasteiger partial charge on any atom is -0.495 e. The van der Waals surface area contributed by atoms with Gasteiger partial charge in [-0.25, -0.2) is 13.4 Å². The summed E-state index contributed by atoms with van der Waals surface area (Å²) in [5.74, 6) is 0.483. The van der Waals surface area contributed by atoms with E-state index in [1.165, 1.54) is 19.4 Å². The number of sulfonamides is 1. The molecule has 2 rings (SSSR count). The van der Waals surface area contributed by atoms with Crippen molar-refractivity contribution in [3.05, 3.63) is 45.5 Å². The van der Waals surface area contributed by atoms with E-state index in [2.05, 4.69) is 41.6 Å². The molecule has 106 valence electrons. The van der Waals surface area contributed by atoms with Crippen LogP contribution < -0.4 is 9.46 Å². The lowest BCUT2D eigenvalue weighted by Crippen LogP contribution is -2.15. The van der Waals surface area contributed by atoms with Crippen LogP contribution in [-0.2, 0) is 10.0 Å². The van der Waals surface area contributed by atoms with Gasteiger partial charge in [0, 0.05) is 15.1 Å². The van der Waals surface area contributed by atoms with Crippen LogP contribution in [0, 0.1) is 0 Å².